The van der Waals surface area contributed by atoms with E-state index >= 15 is 0 Å². The van der Waals surface area contributed by atoms with Crippen molar-refractivity contribution in [3.05, 3.63) is 29.8 Å². The van der Waals surface area contributed by atoms with Gasteiger partial charge >= 0.3 is 0 Å². The van der Waals surface area contributed by atoms with E-state index in [4.69, 9.17) is 0 Å². The smallest absolute Gasteiger partial charge is 0.123 e. The van der Waals surface area contributed by atoms with Crippen LogP contribution in [0.5, 0.6) is 5.75 Å². The van der Waals surface area contributed by atoms with Crippen molar-refractivity contribution in [1.29, 1.82) is 0 Å². The van der Waals surface area contributed by atoms with Crippen molar-refractivity contribution in [3.63, 3.8) is 0 Å². The number of alkyl halides is 1. The van der Waals surface area contributed by atoms with Crippen molar-refractivity contribution in [2.75, 3.05) is 6.54 Å². The fraction of sp³-hybridized carbons (Fsp3) is 0.538. The molecule has 0 unspecified atom stereocenters. The first-order chi connectivity index (χ1) is 7.57. The minimum Gasteiger partial charge on any atom is -0.508 e. The first-order valence-electron chi connectivity index (χ1n) is 5.78. The lowest BCUT2D eigenvalue weighted by Gasteiger charge is -2.15. The Morgan fingerprint density at radius 3 is 2.88 bits per heavy atom. The van der Waals surface area contributed by atoms with E-state index in [1.165, 1.54) is 0 Å². The number of halogens is 1. The third kappa shape index (κ3) is 3.20. The van der Waals surface area contributed by atoms with Crippen molar-refractivity contribution < 1.29 is 9.50 Å². The molecule has 1 atom stereocenters. The Morgan fingerprint density at radius 2 is 2.25 bits per heavy atom. The van der Waals surface area contributed by atoms with Gasteiger partial charge in [-0.3, -0.25) is 0 Å². The Bertz CT molecular complexity index is 363. The van der Waals surface area contributed by atoms with Crippen molar-refractivity contribution in [1.82, 2.24) is 5.32 Å². The normalized spacial score (nSPS) is 19.4. The SMILES string of the molecule is C[C@H](Cc1cccc(O)c1)NCC1(F)CC1. The summed E-state index contributed by atoms with van der Waals surface area (Å²) in [6.07, 6.45) is 2.20. The molecule has 16 heavy (non-hydrogen) atoms. The molecule has 0 bridgehead atoms. The third-order valence-electron chi connectivity index (χ3n) is 3.01. The Morgan fingerprint density at radius 1 is 1.50 bits per heavy atom. The monoisotopic (exact) mass is 223 g/mol. The predicted octanol–water partition coefficient (Wildman–Crippen LogP) is 2.41. The lowest BCUT2D eigenvalue weighted by atomic mass is 10.1. The Labute approximate surface area is 95.5 Å². The highest BCUT2D eigenvalue weighted by Gasteiger charge is 2.42. The average molecular weight is 223 g/mol. The second-order valence-corrected chi connectivity index (χ2v) is 4.81. The first-order valence-corrected chi connectivity index (χ1v) is 5.78. The third-order valence-corrected chi connectivity index (χ3v) is 3.01. The van der Waals surface area contributed by atoms with Gasteiger partial charge in [-0.1, -0.05) is 12.1 Å². The maximum absolute atomic E-state index is 13.4. The van der Waals surface area contributed by atoms with Crippen LogP contribution in [0.25, 0.3) is 0 Å². The van der Waals surface area contributed by atoms with E-state index in [-0.39, 0.29) is 11.8 Å². The molecule has 2 N–H and O–H groups in total. The van der Waals surface area contributed by atoms with E-state index in [2.05, 4.69) is 5.32 Å². The molecule has 0 aromatic heterocycles. The summed E-state index contributed by atoms with van der Waals surface area (Å²) in [5.74, 6) is 0.286. The quantitative estimate of drug-likeness (QED) is 0.803. The molecule has 1 saturated carbocycles. The number of phenols is 1. The van der Waals surface area contributed by atoms with E-state index in [0.717, 1.165) is 12.0 Å². The maximum atomic E-state index is 13.4. The van der Waals surface area contributed by atoms with Gasteiger partial charge < -0.3 is 10.4 Å². The number of rotatable bonds is 5. The van der Waals surface area contributed by atoms with Crippen molar-refractivity contribution >= 4 is 0 Å². The molecule has 2 rings (SSSR count). The molecule has 1 aliphatic carbocycles. The number of phenolic OH excluding ortho intramolecular Hbond substituents is 1. The topological polar surface area (TPSA) is 32.3 Å². The predicted molar refractivity (Wildman–Crippen MR) is 62.3 cm³/mol. The van der Waals surface area contributed by atoms with Crippen LogP contribution in [0, 0.1) is 0 Å². The molecule has 1 aromatic rings. The van der Waals surface area contributed by atoms with Gasteiger partial charge in [-0.05, 0) is 43.9 Å². The zero-order valence-electron chi connectivity index (χ0n) is 9.54. The molecule has 0 aliphatic heterocycles. The summed E-state index contributed by atoms with van der Waals surface area (Å²) in [5, 5.41) is 12.5. The van der Waals surface area contributed by atoms with E-state index in [9.17, 15) is 9.50 Å². The van der Waals surface area contributed by atoms with Crippen LogP contribution in [0.1, 0.15) is 25.3 Å². The Kier molecular flexibility index (Phi) is 3.15. The zero-order chi connectivity index (χ0) is 11.6. The van der Waals surface area contributed by atoms with Gasteiger partial charge in [-0.25, -0.2) is 4.39 Å². The summed E-state index contributed by atoms with van der Waals surface area (Å²) >= 11 is 0. The summed E-state index contributed by atoms with van der Waals surface area (Å²) in [7, 11) is 0. The minimum atomic E-state index is -0.937. The molecule has 3 heteroatoms. The highest BCUT2D eigenvalue weighted by molar-refractivity contribution is 5.27. The summed E-state index contributed by atoms with van der Waals surface area (Å²) in [5.41, 5.74) is 0.135. The van der Waals surface area contributed by atoms with Crippen LogP contribution in [0.4, 0.5) is 4.39 Å². The molecule has 0 radical (unpaired) electrons. The van der Waals surface area contributed by atoms with Crippen LogP contribution in [0.3, 0.4) is 0 Å². The fourth-order valence-electron chi connectivity index (χ4n) is 1.78. The van der Waals surface area contributed by atoms with Gasteiger partial charge in [-0.2, -0.15) is 0 Å². The Hall–Kier alpha value is -1.09. The molecule has 2 nitrogen and oxygen atoms in total. The van der Waals surface area contributed by atoms with Crippen LogP contribution in [-0.2, 0) is 6.42 Å². The largest absolute Gasteiger partial charge is 0.508 e. The maximum Gasteiger partial charge on any atom is 0.123 e. The summed E-state index contributed by atoms with van der Waals surface area (Å²) < 4.78 is 13.4. The van der Waals surface area contributed by atoms with Crippen LogP contribution < -0.4 is 5.32 Å². The van der Waals surface area contributed by atoms with Gasteiger partial charge in [0.05, 0.1) is 0 Å². The van der Waals surface area contributed by atoms with Crippen molar-refractivity contribution in [3.8, 4) is 5.75 Å². The fourth-order valence-corrected chi connectivity index (χ4v) is 1.78. The first kappa shape index (κ1) is 11.4. The number of hydrogen-bond acceptors (Lipinski definition) is 2. The number of nitrogens with one attached hydrogen (secondary N) is 1. The van der Waals surface area contributed by atoms with Gasteiger partial charge in [0, 0.05) is 12.6 Å². The van der Waals surface area contributed by atoms with E-state index < -0.39 is 5.67 Å². The van der Waals surface area contributed by atoms with Crippen LogP contribution in [-0.4, -0.2) is 23.4 Å². The molecule has 88 valence electrons. The molecule has 0 heterocycles. The molecular formula is C13H18FNO. The minimum absolute atomic E-state index is 0.232. The summed E-state index contributed by atoms with van der Waals surface area (Å²) in [4.78, 5) is 0. The van der Waals surface area contributed by atoms with E-state index in [1.54, 1.807) is 12.1 Å². The van der Waals surface area contributed by atoms with Gasteiger partial charge in [0.25, 0.3) is 0 Å². The molecule has 0 saturated heterocycles. The second kappa shape index (κ2) is 4.42. The van der Waals surface area contributed by atoms with Crippen molar-refractivity contribution in [2.24, 2.45) is 0 Å². The molecule has 1 aliphatic rings. The lowest BCUT2D eigenvalue weighted by molar-refractivity contribution is 0.285. The molecular weight excluding hydrogens is 205 g/mol. The van der Waals surface area contributed by atoms with Crippen LogP contribution in [0.15, 0.2) is 24.3 Å². The highest BCUT2D eigenvalue weighted by Crippen LogP contribution is 2.38. The van der Waals surface area contributed by atoms with Gasteiger partial charge in [0.1, 0.15) is 11.4 Å². The summed E-state index contributed by atoms with van der Waals surface area (Å²) in [6, 6.07) is 7.44. The van der Waals surface area contributed by atoms with Crippen molar-refractivity contribution in [2.45, 2.75) is 37.9 Å². The second-order valence-electron chi connectivity index (χ2n) is 4.81. The van der Waals surface area contributed by atoms with E-state index in [1.807, 2.05) is 19.1 Å². The van der Waals surface area contributed by atoms with Gasteiger partial charge in [0.15, 0.2) is 0 Å². The standard InChI is InChI=1S/C13H18FNO/c1-10(15-9-13(14)5-6-13)7-11-3-2-4-12(16)8-11/h2-4,8,10,15-16H,5-7,9H2,1H3/t10-/m1/s1. The molecule has 1 aromatic carbocycles. The zero-order valence-corrected chi connectivity index (χ0v) is 9.54. The number of hydrogen-bond donors (Lipinski definition) is 2. The van der Waals surface area contributed by atoms with Gasteiger partial charge in [-0.15, -0.1) is 0 Å². The summed E-state index contributed by atoms with van der Waals surface area (Å²) in [6.45, 7) is 2.49. The average Bonchev–Trinajstić information content (AvgIpc) is 2.95. The number of aromatic hydroxyl groups is 1. The van der Waals surface area contributed by atoms with Gasteiger partial charge in [0.2, 0.25) is 0 Å². The molecule has 0 spiro atoms. The lowest BCUT2D eigenvalue weighted by Crippen LogP contribution is -2.34. The highest BCUT2D eigenvalue weighted by atomic mass is 19.1. The van der Waals surface area contributed by atoms with E-state index in [0.29, 0.717) is 19.4 Å². The Balaban J connectivity index is 1.80. The van der Waals surface area contributed by atoms with Crippen LogP contribution >= 0.6 is 0 Å². The molecule has 0 amide bonds. The molecule has 1 fully saturated rings. The number of benzene rings is 1. The van der Waals surface area contributed by atoms with Crippen LogP contribution in [0.2, 0.25) is 0 Å².